The molecular weight excluding hydrogens is 234 g/mol. The van der Waals surface area contributed by atoms with Gasteiger partial charge in [-0.15, -0.1) is 0 Å². The van der Waals surface area contributed by atoms with Crippen molar-refractivity contribution in [3.63, 3.8) is 0 Å². The molecule has 0 aromatic heterocycles. The molecule has 0 amide bonds. The molecule has 0 spiro atoms. The van der Waals surface area contributed by atoms with E-state index >= 15 is 0 Å². The first-order valence-electron chi connectivity index (χ1n) is 4.62. The average Bonchev–Trinajstić information content (AvgIpc) is 2.26. The minimum Gasteiger partial charge on any atom is -0.266 e. The van der Waals surface area contributed by atoms with Gasteiger partial charge in [0.05, 0.1) is 11.5 Å². The maximum absolute atomic E-state index is 11.6. The normalized spacial score (nSPS) is 11.3. The molecule has 0 atom stereocenters. The summed E-state index contributed by atoms with van der Waals surface area (Å²) >= 11 is 0. The highest BCUT2D eigenvalue weighted by Gasteiger charge is 2.25. The van der Waals surface area contributed by atoms with Crippen LogP contribution < -0.4 is 0 Å². The number of para-hydroxylation sites is 1. The summed E-state index contributed by atoms with van der Waals surface area (Å²) in [5.41, 5.74) is -0.474. The molecule has 0 bridgehead atoms. The number of nitrogens with zero attached hydrogens (tertiary/aromatic N) is 1. The number of hydrogen-bond donors (Lipinski definition) is 0. The Bertz CT molecular complexity index is 482. The van der Waals surface area contributed by atoms with Gasteiger partial charge in [-0.05, 0) is 12.5 Å². The summed E-state index contributed by atoms with van der Waals surface area (Å²) in [5.74, 6) is 0. The highest BCUT2D eigenvalue weighted by molar-refractivity contribution is 7.87. The highest BCUT2D eigenvalue weighted by atomic mass is 32.2. The molecule has 0 aliphatic heterocycles. The van der Waals surface area contributed by atoms with Gasteiger partial charge in [-0.25, -0.2) is 0 Å². The van der Waals surface area contributed by atoms with Gasteiger partial charge in [0, 0.05) is 6.07 Å². The first kappa shape index (κ1) is 12.6. The molecule has 0 heterocycles. The fourth-order valence-electron chi connectivity index (χ4n) is 1.08. The number of rotatable bonds is 5. The molecule has 88 valence electrons. The van der Waals surface area contributed by atoms with Gasteiger partial charge in [0.2, 0.25) is 0 Å². The van der Waals surface area contributed by atoms with E-state index in [-0.39, 0.29) is 6.61 Å². The lowest BCUT2D eigenvalue weighted by atomic mass is 10.3. The quantitative estimate of drug-likeness (QED) is 0.447. The lowest BCUT2D eigenvalue weighted by Gasteiger charge is -2.04. The van der Waals surface area contributed by atoms with E-state index in [0.29, 0.717) is 6.42 Å². The third-order valence-electron chi connectivity index (χ3n) is 1.77. The van der Waals surface area contributed by atoms with Crippen molar-refractivity contribution in [1.29, 1.82) is 0 Å². The second kappa shape index (κ2) is 5.04. The van der Waals surface area contributed by atoms with Crippen LogP contribution in [0.3, 0.4) is 0 Å². The van der Waals surface area contributed by atoms with Crippen molar-refractivity contribution in [2.75, 3.05) is 6.61 Å². The summed E-state index contributed by atoms with van der Waals surface area (Å²) < 4.78 is 27.8. The largest absolute Gasteiger partial charge is 0.303 e. The van der Waals surface area contributed by atoms with E-state index in [1.165, 1.54) is 12.1 Å². The molecule has 0 unspecified atom stereocenters. The topological polar surface area (TPSA) is 86.5 Å². The van der Waals surface area contributed by atoms with Crippen molar-refractivity contribution >= 4 is 15.8 Å². The zero-order valence-electron chi connectivity index (χ0n) is 8.62. The van der Waals surface area contributed by atoms with Crippen LogP contribution in [0.1, 0.15) is 13.3 Å². The molecule has 0 saturated carbocycles. The molecule has 7 heteroatoms. The summed E-state index contributed by atoms with van der Waals surface area (Å²) in [5, 5.41) is 10.6. The number of hydrogen-bond acceptors (Lipinski definition) is 5. The highest BCUT2D eigenvalue weighted by Crippen LogP contribution is 2.24. The van der Waals surface area contributed by atoms with E-state index in [2.05, 4.69) is 4.18 Å². The lowest BCUT2D eigenvalue weighted by molar-refractivity contribution is -0.387. The van der Waals surface area contributed by atoms with Crippen molar-refractivity contribution in [2.24, 2.45) is 0 Å². The van der Waals surface area contributed by atoms with Crippen LogP contribution in [0.5, 0.6) is 0 Å². The van der Waals surface area contributed by atoms with Crippen molar-refractivity contribution in [1.82, 2.24) is 0 Å². The van der Waals surface area contributed by atoms with Crippen molar-refractivity contribution in [3.8, 4) is 0 Å². The minimum absolute atomic E-state index is 0.00832. The first-order valence-corrected chi connectivity index (χ1v) is 6.02. The average molecular weight is 245 g/mol. The van der Waals surface area contributed by atoms with Crippen LogP contribution in [0.4, 0.5) is 5.69 Å². The Labute approximate surface area is 93.1 Å². The smallest absolute Gasteiger partial charge is 0.266 e. The number of benzene rings is 1. The van der Waals surface area contributed by atoms with E-state index in [1.54, 1.807) is 6.92 Å². The van der Waals surface area contributed by atoms with Crippen LogP contribution in [-0.4, -0.2) is 19.9 Å². The molecule has 0 saturated heterocycles. The van der Waals surface area contributed by atoms with Crippen molar-refractivity contribution in [3.05, 3.63) is 34.4 Å². The van der Waals surface area contributed by atoms with Gasteiger partial charge in [0.15, 0.2) is 4.90 Å². The van der Waals surface area contributed by atoms with Gasteiger partial charge < -0.3 is 0 Å². The van der Waals surface area contributed by atoms with E-state index in [4.69, 9.17) is 0 Å². The Morgan fingerprint density at radius 3 is 2.56 bits per heavy atom. The Kier molecular flexibility index (Phi) is 3.97. The third kappa shape index (κ3) is 2.77. The predicted molar refractivity (Wildman–Crippen MR) is 56.5 cm³/mol. The number of nitro benzene ring substituents is 1. The summed E-state index contributed by atoms with van der Waals surface area (Å²) in [6, 6.07) is 5.09. The molecular formula is C9H11NO5S. The van der Waals surface area contributed by atoms with Crippen LogP contribution in [0, 0.1) is 10.1 Å². The monoisotopic (exact) mass is 245 g/mol. The zero-order chi connectivity index (χ0) is 12.2. The molecule has 0 fully saturated rings. The fraction of sp³-hybridized carbons (Fsp3) is 0.333. The zero-order valence-corrected chi connectivity index (χ0v) is 9.44. The molecule has 16 heavy (non-hydrogen) atoms. The summed E-state index contributed by atoms with van der Waals surface area (Å²) in [7, 11) is -4.04. The summed E-state index contributed by atoms with van der Waals surface area (Å²) in [4.78, 5) is 9.47. The van der Waals surface area contributed by atoms with E-state index in [1.807, 2.05) is 0 Å². The maximum Gasteiger partial charge on any atom is 0.303 e. The van der Waals surface area contributed by atoms with Crippen LogP contribution in [0.15, 0.2) is 29.2 Å². The van der Waals surface area contributed by atoms with Gasteiger partial charge in [-0.3, -0.25) is 14.3 Å². The molecule has 6 nitrogen and oxygen atoms in total. The standard InChI is InChI=1S/C9H11NO5S/c1-2-7-15-16(13,14)9-6-4-3-5-8(9)10(11)12/h3-6H,2,7H2,1H3. The second-order valence-electron chi connectivity index (χ2n) is 3.00. The van der Waals surface area contributed by atoms with E-state index < -0.39 is 25.6 Å². The van der Waals surface area contributed by atoms with Gasteiger partial charge in [0.1, 0.15) is 0 Å². The molecule has 0 aliphatic carbocycles. The number of nitro groups is 1. The van der Waals surface area contributed by atoms with E-state index in [9.17, 15) is 18.5 Å². The van der Waals surface area contributed by atoms with Crippen LogP contribution in [0.25, 0.3) is 0 Å². The fourth-order valence-corrected chi connectivity index (χ4v) is 2.23. The van der Waals surface area contributed by atoms with E-state index in [0.717, 1.165) is 12.1 Å². The third-order valence-corrected chi connectivity index (χ3v) is 3.13. The molecule has 1 rings (SSSR count). The van der Waals surface area contributed by atoms with Crippen LogP contribution >= 0.6 is 0 Å². The summed E-state index contributed by atoms with van der Waals surface area (Å²) in [6.45, 7) is 1.75. The van der Waals surface area contributed by atoms with Crippen molar-refractivity contribution in [2.45, 2.75) is 18.2 Å². The molecule has 1 aromatic carbocycles. The van der Waals surface area contributed by atoms with Gasteiger partial charge in [-0.1, -0.05) is 19.1 Å². The van der Waals surface area contributed by atoms with Crippen LogP contribution in [0.2, 0.25) is 0 Å². The Balaban J connectivity index is 3.17. The predicted octanol–water partition coefficient (Wildman–Crippen LogP) is 1.71. The Hall–Kier alpha value is -1.47. The molecule has 0 aliphatic rings. The SMILES string of the molecule is CCCOS(=O)(=O)c1ccccc1[N+](=O)[O-]. The molecule has 1 aromatic rings. The van der Waals surface area contributed by atoms with Gasteiger partial charge in [-0.2, -0.15) is 8.42 Å². The lowest BCUT2D eigenvalue weighted by Crippen LogP contribution is -2.09. The molecule has 0 N–H and O–H groups in total. The second-order valence-corrected chi connectivity index (χ2v) is 4.58. The minimum atomic E-state index is -4.04. The molecule has 0 radical (unpaired) electrons. The van der Waals surface area contributed by atoms with Crippen LogP contribution in [-0.2, 0) is 14.3 Å². The maximum atomic E-state index is 11.6. The Morgan fingerprint density at radius 2 is 2.00 bits per heavy atom. The first-order chi connectivity index (χ1) is 7.49. The van der Waals surface area contributed by atoms with Gasteiger partial charge >= 0.3 is 10.1 Å². The van der Waals surface area contributed by atoms with Gasteiger partial charge in [0.25, 0.3) is 5.69 Å². The Morgan fingerprint density at radius 1 is 1.38 bits per heavy atom. The van der Waals surface area contributed by atoms with Crippen molar-refractivity contribution < 1.29 is 17.5 Å². The summed E-state index contributed by atoms with van der Waals surface area (Å²) in [6.07, 6.45) is 0.514.